The molecule has 1 fully saturated rings. The van der Waals surface area contributed by atoms with Crippen molar-refractivity contribution >= 4 is 10.9 Å². The van der Waals surface area contributed by atoms with Crippen LogP contribution in [0.1, 0.15) is 44.4 Å². The first-order valence-electron chi connectivity index (χ1n) is 7.65. The number of hydrogen-bond acceptors (Lipinski definition) is 2. The van der Waals surface area contributed by atoms with Gasteiger partial charge in [-0.2, -0.15) is 0 Å². The highest BCUT2D eigenvalue weighted by molar-refractivity contribution is 5.82. The highest BCUT2D eigenvalue weighted by Crippen LogP contribution is 2.37. The Bertz CT molecular complexity index is 616. The van der Waals surface area contributed by atoms with E-state index >= 15 is 0 Å². The highest BCUT2D eigenvalue weighted by atomic mass is 14.9. The molecule has 1 aromatic heterocycles. The summed E-state index contributed by atoms with van der Waals surface area (Å²) < 4.78 is 0. The Balaban J connectivity index is 1.84. The zero-order valence-corrected chi connectivity index (χ0v) is 12.7. The van der Waals surface area contributed by atoms with Gasteiger partial charge in [0.1, 0.15) is 0 Å². The van der Waals surface area contributed by atoms with Crippen LogP contribution >= 0.6 is 0 Å². The number of nitrogens with one attached hydrogen (secondary N) is 1. The van der Waals surface area contributed by atoms with E-state index in [0.29, 0.717) is 11.5 Å². The first kappa shape index (κ1) is 13.6. The number of benzene rings is 1. The molecule has 0 aliphatic heterocycles. The molecule has 1 N–H and O–H groups in total. The van der Waals surface area contributed by atoms with Crippen molar-refractivity contribution in [3.8, 4) is 0 Å². The fourth-order valence-corrected chi connectivity index (χ4v) is 3.48. The molecule has 3 rings (SSSR count). The second-order valence-corrected chi connectivity index (χ2v) is 6.75. The molecule has 0 saturated heterocycles. The molecule has 20 heavy (non-hydrogen) atoms. The number of hydrogen-bond donors (Lipinski definition) is 1. The molecule has 2 aromatic rings. The van der Waals surface area contributed by atoms with E-state index in [9.17, 15) is 0 Å². The van der Waals surface area contributed by atoms with Crippen LogP contribution in [-0.2, 0) is 6.54 Å². The Kier molecular flexibility index (Phi) is 3.51. The number of pyridine rings is 1. The zero-order chi connectivity index (χ0) is 14.2. The van der Waals surface area contributed by atoms with Gasteiger partial charge in [-0.3, -0.25) is 4.98 Å². The highest BCUT2D eigenvalue weighted by Gasteiger charge is 2.33. The summed E-state index contributed by atoms with van der Waals surface area (Å²) in [5, 5.41) is 5.06. The van der Waals surface area contributed by atoms with Gasteiger partial charge in [0.25, 0.3) is 0 Å². The van der Waals surface area contributed by atoms with Gasteiger partial charge in [-0.05, 0) is 42.9 Å². The fraction of sp³-hybridized carbons (Fsp3) is 0.500. The lowest BCUT2D eigenvalue weighted by molar-refractivity contribution is 0.283. The quantitative estimate of drug-likeness (QED) is 0.902. The van der Waals surface area contributed by atoms with Crippen molar-refractivity contribution in [3.05, 3.63) is 41.6 Å². The van der Waals surface area contributed by atoms with E-state index < -0.39 is 0 Å². The van der Waals surface area contributed by atoms with E-state index in [1.807, 2.05) is 0 Å². The standard InChI is InChI=1S/C18H24N2/c1-13-11-14(15-7-4-5-8-16(15)20-13)12-19-17-9-6-10-18(17,2)3/h4-5,7-8,11,17,19H,6,9-10,12H2,1-3H3. The van der Waals surface area contributed by atoms with Crippen molar-refractivity contribution < 1.29 is 0 Å². The van der Waals surface area contributed by atoms with Gasteiger partial charge in [-0.25, -0.2) is 0 Å². The molecule has 106 valence electrons. The van der Waals surface area contributed by atoms with Gasteiger partial charge in [0.15, 0.2) is 0 Å². The summed E-state index contributed by atoms with van der Waals surface area (Å²) in [7, 11) is 0. The first-order chi connectivity index (χ1) is 9.56. The van der Waals surface area contributed by atoms with Crippen LogP contribution in [0, 0.1) is 12.3 Å². The second kappa shape index (κ2) is 5.17. The van der Waals surface area contributed by atoms with Gasteiger partial charge in [-0.1, -0.05) is 38.5 Å². The smallest absolute Gasteiger partial charge is 0.0708 e. The minimum absolute atomic E-state index is 0.428. The topological polar surface area (TPSA) is 24.9 Å². The molecular weight excluding hydrogens is 244 g/mol. The Hall–Kier alpha value is -1.41. The summed E-state index contributed by atoms with van der Waals surface area (Å²) in [6.45, 7) is 7.79. The van der Waals surface area contributed by atoms with Gasteiger partial charge in [0, 0.05) is 23.7 Å². The minimum atomic E-state index is 0.428. The van der Waals surface area contributed by atoms with Crippen LogP contribution in [0.25, 0.3) is 10.9 Å². The predicted molar refractivity (Wildman–Crippen MR) is 84.7 cm³/mol. The van der Waals surface area contributed by atoms with Crippen molar-refractivity contribution in [2.45, 2.75) is 52.6 Å². The lowest BCUT2D eigenvalue weighted by Gasteiger charge is -2.28. The van der Waals surface area contributed by atoms with Crippen LogP contribution in [0.3, 0.4) is 0 Å². The molecule has 1 unspecified atom stereocenters. The monoisotopic (exact) mass is 268 g/mol. The molecule has 0 bridgehead atoms. The summed E-state index contributed by atoms with van der Waals surface area (Å²) >= 11 is 0. The number of para-hydroxylation sites is 1. The molecule has 1 aliphatic carbocycles. The summed E-state index contributed by atoms with van der Waals surface area (Å²) in [5.74, 6) is 0. The van der Waals surface area contributed by atoms with Crippen molar-refractivity contribution in [2.75, 3.05) is 0 Å². The average Bonchev–Trinajstić information content (AvgIpc) is 2.74. The van der Waals surface area contributed by atoms with Crippen LogP contribution in [0.4, 0.5) is 0 Å². The molecule has 0 amide bonds. The molecule has 1 aliphatic rings. The average molecular weight is 268 g/mol. The maximum absolute atomic E-state index is 4.62. The Morgan fingerprint density at radius 1 is 1.30 bits per heavy atom. The van der Waals surface area contributed by atoms with E-state index in [0.717, 1.165) is 17.8 Å². The van der Waals surface area contributed by atoms with E-state index in [-0.39, 0.29) is 0 Å². The second-order valence-electron chi connectivity index (χ2n) is 6.75. The molecular formula is C18H24N2. The lowest BCUT2D eigenvalue weighted by Crippen LogP contribution is -2.37. The van der Waals surface area contributed by atoms with E-state index in [4.69, 9.17) is 0 Å². The van der Waals surface area contributed by atoms with Crippen LogP contribution in [0.15, 0.2) is 30.3 Å². The molecule has 1 atom stereocenters. The number of aromatic nitrogens is 1. The van der Waals surface area contributed by atoms with Crippen molar-refractivity contribution in [2.24, 2.45) is 5.41 Å². The van der Waals surface area contributed by atoms with Crippen molar-refractivity contribution in [1.29, 1.82) is 0 Å². The van der Waals surface area contributed by atoms with Gasteiger partial charge in [-0.15, -0.1) is 0 Å². The van der Waals surface area contributed by atoms with Gasteiger partial charge in [0.2, 0.25) is 0 Å². The van der Waals surface area contributed by atoms with Gasteiger partial charge in [0.05, 0.1) is 5.52 Å². The molecule has 2 heteroatoms. The third-order valence-corrected chi connectivity index (χ3v) is 4.73. The Morgan fingerprint density at radius 3 is 2.85 bits per heavy atom. The van der Waals surface area contributed by atoms with E-state index in [1.165, 1.54) is 30.2 Å². The fourth-order valence-electron chi connectivity index (χ4n) is 3.48. The molecule has 1 aromatic carbocycles. The number of rotatable bonds is 3. The van der Waals surface area contributed by atoms with Gasteiger partial charge < -0.3 is 5.32 Å². The first-order valence-corrected chi connectivity index (χ1v) is 7.65. The summed E-state index contributed by atoms with van der Waals surface area (Å²) in [6.07, 6.45) is 3.98. The van der Waals surface area contributed by atoms with Crippen LogP contribution in [-0.4, -0.2) is 11.0 Å². The molecule has 1 saturated carbocycles. The molecule has 2 nitrogen and oxygen atoms in total. The van der Waals surface area contributed by atoms with Crippen LogP contribution < -0.4 is 5.32 Å². The third-order valence-electron chi connectivity index (χ3n) is 4.73. The normalized spacial score (nSPS) is 21.4. The SMILES string of the molecule is Cc1cc(CNC2CCCC2(C)C)c2ccccc2n1. The van der Waals surface area contributed by atoms with Crippen LogP contribution in [0.5, 0.6) is 0 Å². The maximum Gasteiger partial charge on any atom is 0.0708 e. The molecule has 1 heterocycles. The maximum atomic E-state index is 4.62. The molecule has 0 spiro atoms. The minimum Gasteiger partial charge on any atom is -0.309 e. The summed E-state index contributed by atoms with van der Waals surface area (Å²) in [4.78, 5) is 4.62. The summed E-state index contributed by atoms with van der Waals surface area (Å²) in [6, 6.07) is 11.3. The van der Waals surface area contributed by atoms with E-state index in [2.05, 4.69) is 61.4 Å². The number of fused-ring (bicyclic) bond motifs is 1. The Morgan fingerprint density at radius 2 is 2.10 bits per heavy atom. The van der Waals surface area contributed by atoms with Crippen molar-refractivity contribution in [3.63, 3.8) is 0 Å². The van der Waals surface area contributed by atoms with Gasteiger partial charge >= 0.3 is 0 Å². The lowest BCUT2D eigenvalue weighted by atomic mass is 9.87. The largest absolute Gasteiger partial charge is 0.309 e. The third kappa shape index (κ3) is 2.57. The van der Waals surface area contributed by atoms with Crippen LogP contribution in [0.2, 0.25) is 0 Å². The Labute approximate surface area is 121 Å². The van der Waals surface area contributed by atoms with Crippen molar-refractivity contribution in [1.82, 2.24) is 10.3 Å². The zero-order valence-electron chi connectivity index (χ0n) is 12.7. The number of aryl methyl sites for hydroxylation is 1. The van der Waals surface area contributed by atoms with E-state index in [1.54, 1.807) is 0 Å². The molecule has 0 radical (unpaired) electrons. The summed E-state index contributed by atoms with van der Waals surface area (Å²) in [5.41, 5.74) is 4.01. The predicted octanol–water partition coefficient (Wildman–Crippen LogP) is 4.21. The number of nitrogens with zero attached hydrogens (tertiary/aromatic N) is 1.